The quantitative estimate of drug-likeness (QED) is 0.662. The molecule has 0 radical (unpaired) electrons. The Morgan fingerprint density at radius 3 is 2.00 bits per heavy atom. The summed E-state index contributed by atoms with van der Waals surface area (Å²) in [4.78, 5) is 40.2. The van der Waals surface area contributed by atoms with E-state index in [2.05, 4.69) is 29.6 Å². The predicted octanol–water partition coefficient (Wildman–Crippen LogP) is 4.31. The fraction of sp³-hybridized carbons (Fsp3) is 0.464. The molecule has 2 aromatic carbocycles. The molecule has 3 aliphatic rings. The maximum atomic E-state index is 13.0. The van der Waals surface area contributed by atoms with E-state index in [4.69, 9.17) is 15.2 Å². The van der Waals surface area contributed by atoms with Crippen molar-refractivity contribution in [3.63, 3.8) is 0 Å². The van der Waals surface area contributed by atoms with Gasteiger partial charge in [-0.3, -0.25) is 4.79 Å². The molecule has 3 N–H and O–H groups in total. The minimum atomic E-state index is -1.27. The van der Waals surface area contributed by atoms with Crippen LogP contribution >= 0.6 is 0 Å². The Morgan fingerprint density at radius 2 is 1.50 bits per heavy atom. The minimum Gasteiger partial charge on any atom is -0.449 e. The van der Waals surface area contributed by atoms with Crippen LogP contribution in [0.2, 0.25) is 0 Å². The van der Waals surface area contributed by atoms with Crippen molar-refractivity contribution < 1.29 is 23.9 Å². The van der Waals surface area contributed by atoms with Gasteiger partial charge >= 0.3 is 12.2 Å². The summed E-state index contributed by atoms with van der Waals surface area (Å²) in [6.45, 7) is 5.61. The number of nitrogens with one attached hydrogen (secondary N) is 1. The van der Waals surface area contributed by atoms with Crippen molar-refractivity contribution in [1.29, 1.82) is 0 Å². The Bertz CT molecular complexity index is 1140. The number of fused-ring (bicyclic) bond motifs is 5. The molecular weight excluding hydrogens is 458 g/mol. The van der Waals surface area contributed by atoms with Gasteiger partial charge in [0.2, 0.25) is 5.91 Å². The van der Waals surface area contributed by atoms with Crippen LogP contribution in [0.1, 0.15) is 63.5 Å². The van der Waals surface area contributed by atoms with Gasteiger partial charge in [0.15, 0.2) is 0 Å². The van der Waals surface area contributed by atoms with E-state index in [1.54, 1.807) is 4.90 Å². The van der Waals surface area contributed by atoms with E-state index in [0.717, 1.165) is 35.1 Å². The minimum absolute atomic E-state index is 0.0853. The molecule has 2 bridgehead atoms. The first kappa shape index (κ1) is 24.2. The fourth-order valence-electron chi connectivity index (χ4n) is 6.06. The third-order valence-electron chi connectivity index (χ3n) is 7.55. The molecule has 3 amide bonds. The average molecular weight is 492 g/mol. The van der Waals surface area contributed by atoms with Gasteiger partial charge in [0.25, 0.3) is 0 Å². The highest BCUT2D eigenvalue weighted by Gasteiger charge is 2.54. The lowest BCUT2D eigenvalue weighted by Crippen LogP contribution is -2.66. The Balaban J connectivity index is 1.28. The highest BCUT2D eigenvalue weighted by Crippen LogP contribution is 2.45. The van der Waals surface area contributed by atoms with E-state index in [1.807, 2.05) is 45.0 Å². The van der Waals surface area contributed by atoms with Gasteiger partial charge in [-0.05, 0) is 55.9 Å². The Hall–Kier alpha value is -3.55. The zero-order valence-corrected chi connectivity index (χ0v) is 21.0. The average Bonchev–Trinajstić information content (AvgIpc) is 3.28. The number of carbonyl (C=O) groups is 3. The molecule has 0 aromatic heterocycles. The molecule has 5 rings (SSSR count). The number of benzene rings is 2. The first-order valence-corrected chi connectivity index (χ1v) is 12.5. The van der Waals surface area contributed by atoms with Crippen molar-refractivity contribution in [2.75, 3.05) is 6.61 Å². The fourth-order valence-corrected chi connectivity index (χ4v) is 6.06. The number of alkyl carbamates (subject to hydrolysis) is 1. The second-order valence-corrected chi connectivity index (χ2v) is 11.1. The summed E-state index contributed by atoms with van der Waals surface area (Å²) in [6, 6.07) is 15.7. The summed E-state index contributed by atoms with van der Waals surface area (Å²) in [7, 11) is 0. The molecule has 2 heterocycles. The molecule has 2 aliphatic heterocycles. The number of nitrogens with zero attached hydrogens (tertiary/aromatic N) is 1. The third-order valence-corrected chi connectivity index (χ3v) is 7.55. The molecule has 2 saturated heterocycles. The predicted molar refractivity (Wildman–Crippen MR) is 134 cm³/mol. The second kappa shape index (κ2) is 8.84. The van der Waals surface area contributed by atoms with Crippen LogP contribution in [-0.4, -0.2) is 52.8 Å². The van der Waals surface area contributed by atoms with Crippen LogP contribution < -0.4 is 11.1 Å². The summed E-state index contributed by atoms with van der Waals surface area (Å²) in [5.41, 5.74) is 8.44. The molecule has 36 heavy (non-hydrogen) atoms. The molecule has 2 unspecified atom stereocenters. The van der Waals surface area contributed by atoms with Crippen LogP contribution in [0.5, 0.6) is 0 Å². The van der Waals surface area contributed by atoms with Crippen molar-refractivity contribution >= 4 is 18.1 Å². The molecule has 8 heteroatoms. The van der Waals surface area contributed by atoms with Crippen LogP contribution in [0.4, 0.5) is 9.59 Å². The molecule has 1 aliphatic carbocycles. The van der Waals surface area contributed by atoms with Gasteiger partial charge in [-0.2, -0.15) is 0 Å². The summed E-state index contributed by atoms with van der Waals surface area (Å²) in [5, 5.41) is 2.80. The van der Waals surface area contributed by atoms with E-state index in [-0.39, 0.29) is 37.5 Å². The lowest BCUT2D eigenvalue weighted by Gasteiger charge is -2.44. The van der Waals surface area contributed by atoms with E-state index >= 15 is 0 Å². The zero-order chi connectivity index (χ0) is 25.7. The number of nitrogens with two attached hydrogens (primary N) is 1. The Kier molecular flexibility index (Phi) is 5.93. The summed E-state index contributed by atoms with van der Waals surface area (Å²) in [6.07, 6.45) is 0.858. The number of primary amides is 1. The van der Waals surface area contributed by atoms with E-state index < -0.39 is 29.2 Å². The molecule has 2 fully saturated rings. The number of amides is 3. The number of hydrogen-bond acceptors (Lipinski definition) is 5. The molecule has 190 valence electrons. The lowest BCUT2D eigenvalue weighted by molar-refractivity contribution is -0.127. The van der Waals surface area contributed by atoms with Crippen LogP contribution in [0.3, 0.4) is 0 Å². The van der Waals surface area contributed by atoms with Gasteiger partial charge in [0.05, 0.1) is 0 Å². The smallest absolute Gasteiger partial charge is 0.410 e. The van der Waals surface area contributed by atoms with Gasteiger partial charge in [-0.15, -0.1) is 0 Å². The number of carbonyl (C=O) groups excluding carboxylic acids is 3. The summed E-state index contributed by atoms with van der Waals surface area (Å²) in [5.74, 6) is -0.699. The van der Waals surface area contributed by atoms with Crippen molar-refractivity contribution in [1.82, 2.24) is 10.2 Å². The van der Waals surface area contributed by atoms with Gasteiger partial charge < -0.3 is 25.4 Å². The standard InChI is InChI=1S/C28H33N3O5/c1-27(2,3)36-26(34)31-17-12-13-18(31)15-28(14-17,24(29)32)30-25(33)35-16-23-21-10-6-4-8-19(21)20-9-5-7-11-22(20)23/h4-11,17-18,23H,12-16H2,1-3H3,(H2,29,32)(H,30,33). The molecular formula is C28H33N3O5. The van der Waals surface area contributed by atoms with Crippen LogP contribution in [0.15, 0.2) is 48.5 Å². The number of hydrogen-bond donors (Lipinski definition) is 2. The number of piperidine rings is 1. The van der Waals surface area contributed by atoms with Crippen molar-refractivity contribution in [2.45, 2.75) is 75.6 Å². The molecule has 2 aromatic rings. The first-order valence-electron chi connectivity index (χ1n) is 12.5. The zero-order valence-electron chi connectivity index (χ0n) is 21.0. The Morgan fingerprint density at radius 1 is 0.972 bits per heavy atom. The van der Waals surface area contributed by atoms with Crippen molar-refractivity contribution in [2.24, 2.45) is 5.73 Å². The first-order chi connectivity index (χ1) is 17.1. The van der Waals surface area contributed by atoms with Gasteiger partial charge in [-0.1, -0.05) is 48.5 Å². The Labute approximate surface area is 211 Å². The van der Waals surface area contributed by atoms with Crippen LogP contribution in [-0.2, 0) is 14.3 Å². The highest BCUT2D eigenvalue weighted by atomic mass is 16.6. The van der Waals surface area contributed by atoms with E-state index in [0.29, 0.717) is 0 Å². The third kappa shape index (κ3) is 4.29. The maximum absolute atomic E-state index is 13.0. The van der Waals surface area contributed by atoms with Gasteiger partial charge in [-0.25, -0.2) is 9.59 Å². The van der Waals surface area contributed by atoms with Gasteiger partial charge in [0, 0.05) is 30.8 Å². The van der Waals surface area contributed by atoms with Crippen LogP contribution in [0.25, 0.3) is 11.1 Å². The molecule has 0 saturated carbocycles. The van der Waals surface area contributed by atoms with Crippen molar-refractivity contribution in [3.05, 3.63) is 59.7 Å². The van der Waals surface area contributed by atoms with E-state index in [9.17, 15) is 14.4 Å². The topological polar surface area (TPSA) is 111 Å². The maximum Gasteiger partial charge on any atom is 0.410 e. The molecule has 0 spiro atoms. The largest absolute Gasteiger partial charge is 0.449 e. The normalized spacial score (nSPS) is 24.6. The van der Waals surface area contributed by atoms with Crippen LogP contribution in [0, 0.1) is 0 Å². The monoisotopic (exact) mass is 491 g/mol. The highest BCUT2D eigenvalue weighted by molar-refractivity contribution is 5.89. The second-order valence-electron chi connectivity index (χ2n) is 11.1. The molecule has 8 nitrogen and oxygen atoms in total. The lowest BCUT2D eigenvalue weighted by atomic mass is 9.82. The SMILES string of the molecule is CC(C)(C)OC(=O)N1C2CCC1CC(NC(=O)OCC1c3ccccc3-c3ccccc31)(C(N)=O)C2. The van der Waals surface area contributed by atoms with E-state index in [1.165, 1.54) is 0 Å². The summed E-state index contributed by atoms with van der Waals surface area (Å²) < 4.78 is 11.3. The van der Waals surface area contributed by atoms with Gasteiger partial charge in [0.1, 0.15) is 17.7 Å². The number of rotatable bonds is 4. The van der Waals surface area contributed by atoms with Crippen molar-refractivity contribution in [3.8, 4) is 11.1 Å². The summed E-state index contributed by atoms with van der Waals surface area (Å²) >= 11 is 0. The molecule has 2 atom stereocenters. The number of ether oxygens (including phenoxy) is 2.